The van der Waals surface area contributed by atoms with Crippen LogP contribution in [0.15, 0.2) is 84.3 Å². The quantitative estimate of drug-likeness (QED) is 0.160. The van der Waals surface area contributed by atoms with Crippen molar-refractivity contribution in [3.8, 4) is 0 Å². The van der Waals surface area contributed by atoms with Gasteiger partial charge in [0, 0.05) is 26.3 Å². The Morgan fingerprint density at radius 2 is 1.98 bits per heavy atom. The minimum atomic E-state index is -1.23. The van der Waals surface area contributed by atoms with Crippen LogP contribution in [0.3, 0.4) is 0 Å². The number of benzene rings is 2. The van der Waals surface area contributed by atoms with Crippen molar-refractivity contribution < 1.29 is 38.3 Å². The molecule has 2 aliphatic rings. The van der Waals surface area contributed by atoms with Crippen molar-refractivity contribution in [2.45, 2.75) is 22.9 Å². The molecule has 6 rings (SSSR count). The Morgan fingerprint density at radius 1 is 1.20 bits per heavy atom. The number of thioether (sulfide) groups is 2. The van der Waals surface area contributed by atoms with Crippen molar-refractivity contribution in [2.75, 3.05) is 12.9 Å². The van der Waals surface area contributed by atoms with E-state index in [0.717, 1.165) is 21.2 Å². The zero-order chi connectivity index (χ0) is 28.0. The highest BCUT2D eigenvalue weighted by Crippen LogP contribution is 2.45. The molecule has 204 valence electrons. The number of furan rings is 2. The predicted molar refractivity (Wildman–Crippen MR) is 147 cm³/mol. The summed E-state index contributed by atoms with van der Waals surface area (Å²) in [5, 5.41) is 27.0. The molecule has 40 heavy (non-hydrogen) atoms. The summed E-state index contributed by atoms with van der Waals surface area (Å²) in [5.41, 5.74) is 1.76. The maximum absolute atomic E-state index is 13.1. The van der Waals surface area contributed by atoms with Crippen molar-refractivity contribution in [1.29, 1.82) is 0 Å². The number of aliphatic carboxylic acids is 1. The molecule has 2 aliphatic heterocycles. The van der Waals surface area contributed by atoms with Gasteiger partial charge >= 0.3 is 5.97 Å². The van der Waals surface area contributed by atoms with E-state index in [1.54, 1.807) is 12.1 Å². The average Bonchev–Trinajstić information content (AvgIpc) is 3.61. The zero-order valence-corrected chi connectivity index (χ0v) is 22.5. The SMILES string of the molecule is CON=C(C(=O)N[C@@H]1C(=O)N2C(C(=O)O)=C(Sc3ccc4c(c3)oc3cc(CO)ccc34)CS[C@@H]12)c1ccco1. The van der Waals surface area contributed by atoms with Crippen molar-refractivity contribution in [1.82, 2.24) is 10.2 Å². The monoisotopic (exact) mass is 579 g/mol. The minimum Gasteiger partial charge on any atom is -0.477 e. The highest BCUT2D eigenvalue weighted by atomic mass is 32.2. The topological polar surface area (TPSA) is 155 Å². The molecule has 1 saturated heterocycles. The lowest BCUT2D eigenvalue weighted by Crippen LogP contribution is -2.71. The number of carbonyl (C=O) groups is 3. The molecule has 0 aliphatic carbocycles. The van der Waals surface area contributed by atoms with E-state index >= 15 is 0 Å². The summed E-state index contributed by atoms with van der Waals surface area (Å²) in [4.78, 5) is 45.5. The molecule has 0 saturated carbocycles. The van der Waals surface area contributed by atoms with Crippen LogP contribution in [0.25, 0.3) is 21.9 Å². The summed E-state index contributed by atoms with van der Waals surface area (Å²) in [6, 6.07) is 13.3. The number of fused-ring (bicyclic) bond motifs is 4. The Labute approximate surface area is 234 Å². The van der Waals surface area contributed by atoms with Gasteiger partial charge in [-0.15, -0.1) is 11.8 Å². The van der Waals surface area contributed by atoms with Gasteiger partial charge in [-0.2, -0.15) is 0 Å². The van der Waals surface area contributed by atoms with Crippen molar-refractivity contribution in [3.63, 3.8) is 0 Å². The number of rotatable bonds is 8. The van der Waals surface area contributed by atoms with Crippen molar-refractivity contribution in [3.05, 3.63) is 76.7 Å². The number of β-lactam (4-membered cyclic amide) rings is 1. The van der Waals surface area contributed by atoms with E-state index in [0.29, 0.717) is 21.8 Å². The predicted octanol–water partition coefficient (Wildman–Crippen LogP) is 3.51. The lowest BCUT2D eigenvalue weighted by atomic mass is 10.0. The molecule has 2 atom stereocenters. The molecule has 0 bridgehead atoms. The first-order valence-corrected chi connectivity index (χ1v) is 13.9. The largest absolute Gasteiger partial charge is 0.477 e. The normalized spacial score (nSPS) is 19.1. The van der Waals surface area contributed by atoms with Gasteiger partial charge in [0.2, 0.25) is 5.71 Å². The molecule has 1 fully saturated rings. The van der Waals surface area contributed by atoms with E-state index in [2.05, 4.69) is 10.5 Å². The van der Waals surface area contributed by atoms with Gasteiger partial charge < -0.3 is 29.2 Å². The number of carboxylic acids is 1. The maximum Gasteiger partial charge on any atom is 0.353 e. The van der Waals surface area contributed by atoms with Crippen LogP contribution in [-0.2, 0) is 25.8 Å². The van der Waals surface area contributed by atoms with Gasteiger partial charge in [0.05, 0.1) is 12.9 Å². The second-order valence-electron chi connectivity index (χ2n) is 8.89. The van der Waals surface area contributed by atoms with Crippen molar-refractivity contribution >= 4 is 69.0 Å². The molecular formula is C27H21N3O8S2. The van der Waals surface area contributed by atoms with Crippen LogP contribution in [0.5, 0.6) is 0 Å². The van der Waals surface area contributed by atoms with Gasteiger partial charge in [-0.3, -0.25) is 14.5 Å². The van der Waals surface area contributed by atoms with Crippen LogP contribution in [0.1, 0.15) is 11.3 Å². The lowest BCUT2D eigenvalue weighted by molar-refractivity contribution is -0.150. The second-order valence-corrected chi connectivity index (χ2v) is 11.2. The summed E-state index contributed by atoms with van der Waals surface area (Å²) < 4.78 is 11.2. The Kier molecular flexibility index (Phi) is 6.78. The minimum absolute atomic E-state index is 0.0927. The fourth-order valence-electron chi connectivity index (χ4n) is 4.69. The second kappa shape index (κ2) is 10.4. The third-order valence-electron chi connectivity index (χ3n) is 6.51. The number of nitrogens with one attached hydrogen (secondary N) is 1. The Bertz CT molecular complexity index is 1730. The molecular weight excluding hydrogens is 558 g/mol. The number of carboxylic acid groups (broad SMARTS) is 1. The molecule has 2 amide bonds. The summed E-state index contributed by atoms with van der Waals surface area (Å²) in [6.45, 7) is -0.0927. The third kappa shape index (κ3) is 4.41. The molecule has 3 N–H and O–H groups in total. The van der Waals surface area contributed by atoms with Gasteiger partial charge in [-0.25, -0.2) is 4.79 Å². The number of nitrogens with zero attached hydrogens (tertiary/aromatic N) is 2. The summed E-state index contributed by atoms with van der Waals surface area (Å²) >= 11 is 2.60. The molecule has 13 heteroatoms. The molecule has 4 heterocycles. The molecule has 0 spiro atoms. The number of aliphatic hydroxyl groups is 1. The van der Waals surface area contributed by atoms with Crippen molar-refractivity contribution in [2.24, 2.45) is 5.16 Å². The van der Waals surface area contributed by atoms with Crippen LogP contribution >= 0.6 is 23.5 Å². The first-order valence-electron chi connectivity index (χ1n) is 12.0. The van der Waals surface area contributed by atoms with Gasteiger partial charge in [0.1, 0.15) is 35.4 Å². The number of carbonyl (C=O) groups excluding carboxylic acids is 2. The van der Waals surface area contributed by atoms with Crippen LogP contribution in [-0.4, -0.2) is 62.9 Å². The fourth-order valence-corrected chi connectivity index (χ4v) is 7.19. The highest BCUT2D eigenvalue weighted by Gasteiger charge is 2.54. The summed E-state index contributed by atoms with van der Waals surface area (Å²) in [5.74, 6) is -1.96. The van der Waals surface area contributed by atoms with E-state index < -0.39 is 29.2 Å². The molecule has 2 aromatic heterocycles. The number of hydrogen-bond donors (Lipinski definition) is 3. The summed E-state index contributed by atoms with van der Waals surface area (Å²) in [6.07, 6.45) is 1.38. The van der Waals surface area contributed by atoms with Crippen LogP contribution in [0, 0.1) is 0 Å². The number of oxime groups is 1. The zero-order valence-electron chi connectivity index (χ0n) is 20.8. The number of amides is 2. The summed E-state index contributed by atoms with van der Waals surface area (Å²) in [7, 11) is 1.28. The fraction of sp³-hybridized carbons (Fsp3) is 0.185. The van der Waals surface area contributed by atoms with E-state index in [1.807, 2.05) is 30.3 Å². The average molecular weight is 580 g/mol. The van der Waals surface area contributed by atoms with Gasteiger partial charge in [-0.1, -0.05) is 29.1 Å². The molecule has 11 nitrogen and oxygen atoms in total. The molecule has 4 aromatic rings. The van der Waals surface area contributed by atoms with Gasteiger partial charge in [-0.05, 0) is 42.0 Å². The third-order valence-corrected chi connectivity index (χ3v) is 9.04. The van der Waals surface area contributed by atoms with Gasteiger partial charge in [0.15, 0.2) is 5.76 Å². The molecule has 0 unspecified atom stereocenters. The first-order chi connectivity index (χ1) is 19.4. The molecule has 2 aromatic carbocycles. The van der Waals surface area contributed by atoms with Crippen LogP contribution < -0.4 is 5.32 Å². The van der Waals surface area contributed by atoms with E-state index in [-0.39, 0.29) is 23.8 Å². The smallest absolute Gasteiger partial charge is 0.353 e. The van der Waals surface area contributed by atoms with E-state index in [9.17, 15) is 24.6 Å². The van der Waals surface area contributed by atoms with E-state index in [1.165, 1.54) is 47.9 Å². The Hall–Kier alpha value is -4.20. The van der Waals surface area contributed by atoms with Crippen LogP contribution in [0.2, 0.25) is 0 Å². The molecule has 0 radical (unpaired) electrons. The highest BCUT2D eigenvalue weighted by molar-refractivity contribution is 8.06. The number of hydrogen-bond acceptors (Lipinski definition) is 10. The first kappa shape index (κ1) is 26.0. The Morgan fingerprint density at radius 3 is 2.67 bits per heavy atom. The lowest BCUT2D eigenvalue weighted by Gasteiger charge is -2.49. The maximum atomic E-state index is 13.1. The number of aliphatic hydroxyl groups excluding tert-OH is 1. The standard InChI is InChI=1S/C27H21N3O8S2/c1-36-29-21(17-3-2-8-37-17)24(32)28-22-25(33)30-23(27(34)35)20(12-39-26(22)30)40-14-5-7-16-15-6-4-13(11-31)9-18(15)38-19(16)10-14/h2-10,22,26,31H,11-12H2,1H3,(H,28,32)(H,34,35)/t22-,26+/m1/s1. The van der Waals surface area contributed by atoms with E-state index in [4.69, 9.17) is 13.7 Å². The Balaban J connectivity index is 1.24. The van der Waals surface area contributed by atoms with Gasteiger partial charge in [0.25, 0.3) is 11.8 Å². The van der Waals surface area contributed by atoms with Crippen LogP contribution in [0.4, 0.5) is 0 Å².